The standard InChI is InChI=1S/C12H12F3N3O.C2H6/c1-8(19)17-4-5-18-10-2-3-11(12(13,14)15)9(6-10)7-16;1-2/h2-3,6,18H,4-5H2,1H3,(H,17,19);1-2H3. The predicted octanol–water partition coefficient (Wildman–Crippen LogP) is 3.15. The molecule has 1 amide bonds. The van der Waals surface area contributed by atoms with Gasteiger partial charge in [-0.1, -0.05) is 13.8 Å². The average Bonchev–Trinajstić information content (AvgIpc) is 2.44. The molecule has 0 aliphatic rings. The van der Waals surface area contributed by atoms with Crippen molar-refractivity contribution in [2.24, 2.45) is 0 Å². The second kappa shape index (κ2) is 8.84. The summed E-state index contributed by atoms with van der Waals surface area (Å²) >= 11 is 0. The number of hydrogen-bond donors (Lipinski definition) is 2. The Hall–Kier alpha value is -2.23. The molecule has 0 aliphatic carbocycles. The van der Waals surface area contributed by atoms with E-state index in [1.807, 2.05) is 13.8 Å². The van der Waals surface area contributed by atoms with Gasteiger partial charge in [-0.05, 0) is 18.2 Å². The second-order valence-corrected chi connectivity index (χ2v) is 3.78. The predicted molar refractivity (Wildman–Crippen MR) is 74.7 cm³/mol. The quantitative estimate of drug-likeness (QED) is 0.840. The Morgan fingerprint density at radius 1 is 1.29 bits per heavy atom. The molecule has 116 valence electrons. The Morgan fingerprint density at radius 2 is 1.90 bits per heavy atom. The van der Waals surface area contributed by atoms with Crippen LogP contribution in [0.2, 0.25) is 0 Å². The number of amides is 1. The van der Waals surface area contributed by atoms with Crippen LogP contribution in [0.25, 0.3) is 0 Å². The highest BCUT2D eigenvalue weighted by Crippen LogP contribution is 2.32. The van der Waals surface area contributed by atoms with Crippen molar-refractivity contribution in [2.45, 2.75) is 26.9 Å². The number of nitrogens with one attached hydrogen (secondary N) is 2. The topological polar surface area (TPSA) is 64.9 Å². The van der Waals surface area contributed by atoms with E-state index < -0.39 is 17.3 Å². The molecule has 0 spiro atoms. The van der Waals surface area contributed by atoms with Crippen molar-refractivity contribution in [3.8, 4) is 6.07 Å². The monoisotopic (exact) mass is 301 g/mol. The molecule has 7 heteroatoms. The molecule has 0 heterocycles. The number of benzene rings is 1. The summed E-state index contributed by atoms with van der Waals surface area (Å²) in [6.07, 6.45) is -4.54. The van der Waals surface area contributed by atoms with Gasteiger partial charge >= 0.3 is 6.18 Å². The van der Waals surface area contributed by atoms with Gasteiger partial charge in [0.05, 0.1) is 17.2 Å². The average molecular weight is 301 g/mol. The van der Waals surface area contributed by atoms with Crippen LogP contribution >= 0.6 is 0 Å². The first-order valence-corrected chi connectivity index (χ1v) is 6.44. The summed E-state index contributed by atoms with van der Waals surface area (Å²) in [4.78, 5) is 10.6. The highest BCUT2D eigenvalue weighted by atomic mass is 19.4. The zero-order valence-corrected chi connectivity index (χ0v) is 12.1. The summed E-state index contributed by atoms with van der Waals surface area (Å²) in [5.41, 5.74) is -0.991. The molecule has 1 aromatic rings. The smallest absolute Gasteiger partial charge is 0.383 e. The lowest BCUT2D eigenvalue weighted by Gasteiger charge is -2.11. The van der Waals surface area contributed by atoms with Gasteiger partial charge in [-0.15, -0.1) is 0 Å². The number of carbonyl (C=O) groups is 1. The SMILES string of the molecule is CC.CC(=O)NCCNc1ccc(C(F)(F)F)c(C#N)c1. The molecule has 0 bridgehead atoms. The lowest BCUT2D eigenvalue weighted by molar-refractivity contribution is -0.137. The molecule has 0 fully saturated rings. The summed E-state index contributed by atoms with van der Waals surface area (Å²) in [5.74, 6) is -0.188. The molecule has 0 atom stereocenters. The summed E-state index contributed by atoms with van der Waals surface area (Å²) in [7, 11) is 0. The van der Waals surface area contributed by atoms with Gasteiger partial charge in [0.1, 0.15) is 0 Å². The summed E-state index contributed by atoms with van der Waals surface area (Å²) in [6.45, 7) is 6.07. The molecule has 21 heavy (non-hydrogen) atoms. The number of carbonyl (C=O) groups excluding carboxylic acids is 1. The molecule has 0 aromatic heterocycles. The van der Waals surface area contributed by atoms with Crippen LogP contribution in [0.3, 0.4) is 0 Å². The minimum atomic E-state index is -4.54. The lowest BCUT2D eigenvalue weighted by Crippen LogP contribution is -2.26. The van der Waals surface area contributed by atoms with E-state index >= 15 is 0 Å². The van der Waals surface area contributed by atoms with Crippen molar-refractivity contribution >= 4 is 11.6 Å². The van der Waals surface area contributed by atoms with Gasteiger partial charge in [-0.25, -0.2) is 0 Å². The van der Waals surface area contributed by atoms with E-state index in [9.17, 15) is 18.0 Å². The van der Waals surface area contributed by atoms with Crippen LogP contribution in [0.15, 0.2) is 18.2 Å². The normalized spacial score (nSPS) is 9.95. The van der Waals surface area contributed by atoms with Gasteiger partial charge < -0.3 is 10.6 Å². The Kier molecular flexibility index (Phi) is 7.91. The molecular formula is C14H18F3N3O. The fraction of sp³-hybridized carbons (Fsp3) is 0.429. The zero-order chi connectivity index (χ0) is 16.5. The molecule has 0 radical (unpaired) electrons. The van der Waals surface area contributed by atoms with E-state index in [0.29, 0.717) is 18.8 Å². The number of alkyl halides is 3. The fourth-order valence-electron chi connectivity index (χ4n) is 1.44. The van der Waals surface area contributed by atoms with E-state index in [1.165, 1.54) is 19.1 Å². The van der Waals surface area contributed by atoms with Crippen LogP contribution < -0.4 is 10.6 Å². The van der Waals surface area contributed by atoms with Crippen LogP contribution in [0.4, 0.5) is 18.9 Å². The maximum Gasteiger partial charge on any atom is 0.417 e. The van der Waals surface area contributed by atoms with Gasteiger partial charge in [0, 0.05) is 25.7 Å². The molecule has 0 saturated heterocycles. The van der Waals surface area contributed by atoms with Crippen molar-refractivity contribution < 1.29 is 18.0 Å². The molecule has 0 saturated carbocycles. The van der Waals surface area contributed by atoms with Crippen molar-refractivity contribution in [1.29, 1.82) is 5.26 Å². The maximum absolute atomic E-state index is 12.5. The van der Waals surface area contributed by atoms with Gasteiger partial charge in [0.2, 0.25) is 5.91 Å². The molecule has 0 unspecified atom stereocenters. The number of nitrogens with zero attached hydrogens (tertiary/aromatic N) is 1. The molecular weight excluding hydrogens is 283 g/mol. The van der Waals surface area contributed by atoms with E-state index in [-0.39, 0.29) is 5.91 Å². The molecule has 1 aromatic carbocycles. The molecule has 0 aliphatic heterocycles. The van der Waals surface area contributed by atoms with Crippen LogP contribution in [-0.4, -0.2) is 19.0 Å². The van der Waals surface area contributed by atoms with Gasteiger partial charge in [0.15, 0.2) is 0 Å². The Balaban J connectivity index is 0.00000191. The van der Waals surface area contributed by atoms with Gasteiger partial charge in [-0.3, -0.25) is 4.79 Å². The highest BCUT2D eigenvalue weighted by molar-refractivity contribution is 5.72. The van der Waals surface area contributed by atoms with Crippen molar-refractivity contribution in [3.63, 3.8) is 0 Å². The third kappa shape index (κ3) is 6.65. The Labute approximate surface area is 122 Å². The maximum atomic E-state index is 12.5. The first kappa shape index (κ1) is 18.8. The summed E-state index contributed by atoms with van der Waals surface area (Å²) < 4.78 is 37.6. The number of nitriles is 1. The highest BCUT2D eigenvalue weighted by Gasteiger charge is 2.33. The number of rotatable bonds is 4. The van der Waals surface area contributed by atoms with Crippen LogP contribution in [0.1, 0.15) is 31.9 Å². The molecule has 2 N–H and O–H groups in total. The zero-order valence-electron chi connectivity index (χ0n) is 12.1. The second-order valence-electron chi connectivity index (χ2n) is 3.78. The first-order chi connectivity index (χ1) is 9.84. The number of anilines is 1. The largest absolute Gasteiger partial charge is 0.417 e. The van der Waals surface area contributed by atoms with E-state index in [1.54, 1.807) is 0 Å². The van der Waals surface area contributed by atoms with E-state index in [2.05, 4.69) is 10.6 Å². The Bertz CT molecular complexity index is 507. The minimum absolute atomic E-state index is 0.188. The summed E-state index contributed by atoms with van der Waals surface area (Å²) in [5, 5.41) is 14.1. The van der Waals surface area contributed by atoms with Crippen LogP contribution in [-0.2, 0) is 11.0 Å². The number of hydrogen-bond acceptors (Lipinski definition) is 3. The molecule has 4 nitrogen and oxygen atoms in total. The van der Waals surface area contributed by atoms with Gasteiger partial charge in [0.25, 0.3) is 0 Å². The minimum Gasteiger partial charge on any atom is -0.383 e. The van der Waals surface area contributed by atoms with E-state index in [4.69, 9.17) is 5.26 Å². The van der Waals surface area contributed by atoms with Crippen molar-refractivity contribution in [2.75, 3.05) is 18.4 Å². The van der Waals surface area contributed by atoms with E-state index in [0.717, 1.165) is 12.1 Å². The third-order valence-corrected chi connectivity index (χ3v) is 2.27. The fourth-order valence-corrected chi connectivity index (χ4v) is 1.44. The molecule has 1 rings (SSSR count). The first-order valence-electron chi connectivity index (χ1n) is 6.44. The lowest BCUT2D eigenvalue weighted by atomic mass is 10.1. The summed E-state index contributed by atoms with van der Waals surface area (Å²) in [6, 6.07) is 4.76. The van der Waals surface area contributed by atoms with Crippen molar-refractivity contribution in [3.05, 3.63) is 29.3 Å². The van der Waals surface area contributed by atoms with Crippen LogP contribution in [0, 0.1) is 11.3 Å². The number of halogens is 3. The third-order valence-electron chi connectivity index (χ3n) is 2.27. The Morgan fingerprint density at radius 3 is 2.38 bits per heavy atom. The van der Waals surface area contributed by atoms with Crippen molar-refractivity contribution in [1.82, 2.24) is 5.32 Å². The van der Waals surface area contributed by atoms with Crippen LogP contribution in [0.5, 0.6) is 0 Å². The van der Waals surface area contributed by atoms with Gasteiger partial charge in [-0.2, -0.15) is 18.4 Å².